The van der Waals surface area contributed by atoms with E-state index in [1.807, 2.05) is 13.0 Å². The number of rotatable bonds is 4. The minimum atomic E-state index is -0.725. The van der Waals surface area contributed by atoms with Gasteiger partial charge in [0, 0.05) is 23.7 Å². The fraction of sp³-hybridized carbons (Fsp3) is 0.471. The van der Waals surface area contributed by atoms with Crippen LogP contribution >= 0.6 is 11.6 Å². The Morgan fingerprint density at radius 3 is 2.75 bits per heavy atom. The van der Waals surface area contributed by atoms with Gasteiger partial charge in [-0.3, -0.25) is 14.5 Å². The number of hydrogen-bond donors (Lipinski definition) is 2. The standard InChI is InChI=1S/C17H20ClN3O3/c1-11-4-5-12(18)10-13(11)19-14(22)6-9-21-15(23)17(20-16(21)24)7-2-3-8-17/h4-5,10H,2-3,6-9H2,1H3,(H,19,22)(H,20,24). The molecule has 1 heterocycles. The van der Waals surface area contributed by atoms with E-state index in [2.05, 4.69) is 10.6 Å². The maximum Gasteiger partial charge on any atom is 0.325 e. The molecule has 6 nitrogen and oxygen atoms in total. The van der Waals surface area contributed by atoms with Crippen LogP contribution in [0.2, 0.25) is 5.02 Å². The molecule has 1 aliphatic heterocycles. The number of nitrogens with zero attached hydrogens (tertiary/aromatic N) is 1. The van der Waals surface area contributed by atoms with E-state index in [1.165, 1.54) is 0 Å². The number of aryl methyl sites for hydroxylation is 1. The Kier molecular flexibility index (Phi) is 4.49. The molecule has 2 N–H and O–H groups in total. The van der Waals surface area contributed by atoms with Crippen LogP contribution in [0.5, 0.6) is 0 Å². The van der Waals surface area contributed by atoms with Crippen molar-refractivity contribution in [3.8, 4) is 0 Å². The Bertz CT molecular complexity index is 698. The van der Waals surface area contributed by atoms with Crippen molar-refractivity contribution in [2.75, 3.05) is 11.9 Å². The van der Waals surface area contributed by atoms with Gasteiger partial charge < -0.3 is 10.6 Å². The summed E-state index contributed by atoms with van der Waals surface area (Å²) in [6, 6.07) is 4.85. The van der Waals surface area contributed by atoms with Crippen LogP contribution in [0.25, 0.3) is 0 Å². The van der Waals surface area contributed by atoms with Crippen molar-refractivity contribution in [1.82, 2.24) is 10.2 Å². The molecule has 7 heteroatoms. The van der Waals surface area contributed by atoms with E-state index in [4.69, 9.17) is 11.6 Å². The summed E-state index contributed by atoms with van der Waals surface area (Å²) in [5, 5.41) is 6.12. The average Bonchev–Trinajstić information content (AvgIpc) is 3.08. The highest BCUT2D eigenvalue weighted by Crippen LogP contribution is 2.35. The molecule has 128 valence electrons. The van der Waals surface area contributed by atoms with Gasteiger partial charge in [-0.05, 0) is 37.5 Å². The summed E-state index contributed by atoms with van der Waals surface area (Å²) in [5.41, 5.74) is 0.807. The third-order valence-corrected chi connectivity index (χ3v) is 4.97. The smallest absolute Gasteiger partial charge is 0.325 e. The molecule has 1 saturated heterocycles. The molecule has 0 bridgehead atoms. The zero-order chi connectivity index (χ0) is 17.3. The van der Waals surface area contributed by atoms with E-state index in [-0.39, 0.29) is 24.8 Å². The number of carbonyl (C=O) groups is 3. The summed E-state index contributed by atoms with van der Waals surface area (Å²) in [5.74, 6) is -0.454. The van der Waals surface area contributed by atoms with E-state index in [9.17, 15) is 14.4 Å². The van der Waals surface area contributed by atoms with Crippen molar-refractivity contribution in [2.45, 2.75) is 44.6 Å². The minimum absolute atomic E-state index is 0.0567. The zero-order valence-corrected chi connectivity index (χ0v) is 14.3. The van der Waals surface area contributed by atoms with Crippen LogP contribution in [-0.4, -0.2) is 34.8 Å². The summed E-state index contributed by atoms with van der Waals surface area (Å²) in [7, 11) is 0. The maximum absolute atomic E-state index is 12.5. The van der Waals surface area contributed by atoms with E-state index < -0.39 is 11.6 Å². The molecule has 24 heavy (non-hydrogen) atoms. The lowest BCUT2D eigenvalue weighted by atomic mass is 9.98. The van der Waals surface area contributed by atoms with Crippen LogP contribution in [0.1, 0.15) is 37.7 Å². The summed E-state index contributed by atoms with van der Waals surface area (Å²) >= 11 is 5.93. The molecular formula is C17H20ClN3O3. The number of carbonyl (C=O) groups excluding carboxylic acids is 3. The van der Waals surface area contributed by atoms with Gasteiger partial charge in [0.1, 0.15) is 5.54 Å². The van der Waals surface area contributed by atoms with Gasteiger partial charge in [-0.15, -0.1) is 0 Å². The van der Waals surface area contributed by atoms with Gasteiger partial charge in [0.15, 0.2) is 0 Å². The highest BCUT2D eigenvalue weighted by Gasteiger charge is 2.52. The zero-order valence-electron chi connectivity index (χ0n) is 13.5. The SMILES string of the molecule is Cc1ccc(Cl)cc1NC(=O)CCN1C(=O)NC2(CCCC2)C1=O. The number of benzene rings is 1. The first-order valence-electron chi connectivity index (χ1n) is 8.11. The molecule has 2 fully saturated rings. The first kappa shape index (κ1) is 16.8. The van der Waals surface area contributed by atoms with Crippen molar-refractivity contribution >= 4 is 35.1 Å². The first-order chi connectivity index (χ1) is 11.4. The summed E-state index contributed by atoms with van der Waals surface area (Å²) in [6.07, 6.45) is 3.30. The Balaban J connectivity index is 1.59. The number of hydrogen-bond acceptors (Lipinski definition) is 3. The third kappa shape index (κ3) is 3.11. The Morgan fingerprint density at radius 1 is 1.33 bits per heavy atom. The molecule has 1 saturated carbocycles. The number of anilines is 1. The number of nitrogens with one attached hydrogen (secondary N) is 2. The van der Waals surface area contributed by atoms with Gasteiger partial charge in [0.2, 0.25) is 5.91 Å². The van der Waals surface area contributed by atoms with Crippen LogP contribution < -0.4 is 10.6 Å². The number of imide groups is 1. The van der Waals surface area contributed by atoms with Gasteiger partial charge in [0.05, 0.1) is 0 Å². The van der Waals surface area contributed by atoms with Crippen molar-refractivity contribution in [2.24, 2.45) is 0 Å². The van der Waals surface area contributed by atoms with Gasteiger partial charge in [0.25, 0.3) is 5.91 Å². The van der Waals surface area contributed by atoms with E-state index in [1.54, 1.807) is 12.1 Å². The van der Waals surface area contributed by atoms with E-state index >= 15 is 0 Å². The lowest BCUT2D eigenvalue weighted by Gasteiger charge is -2.20. The van der Waals surface area contributed by atoms with Crippen molar-refractivity contribution in [1.29, 1.82) is 0 Å². The molecule has 0 unspecified atom stereocenters. The first-order valence-corrected chi connectivity index (χ1v) is 8.49. The Morgan fingerprint density at radius 2 is 2.04 bits per heavy atom. The fourth-order valence-electron chi connectivity index (χ4n) is 3.35. The number of halogens is 1. The second-order valence-electron chi connectivity index (χ2n) is 6.43. The van der Waals surface area contributed by atoms with Crippen LogP contribution in [0.3, 0.4) is 0 Å². The molecule has 1 aromatic carbocycles. The summed E-state index contributed by atoms with van der Waals surface area (Å²) in [4.78, 5) is 37.9. The van der Waals surface area contributed by atoms with Crippen LogP contribution in [0.4, 0.5) is 10.5 Å². The Hall–Kier alpha value is -2.08. The van der Waals surface area contributed by atoms with Crippen molar-refractivity contribution < 1.29 is 14.4 Å². The molecule has 4 amide bonds. The minimum Gasteiger partial charge on any atom is -0.326 e. The predicted molar refractivity (Wildman–Crippen MR) is 90.9 cm³/mol. The maximum atomic E-state index is 12.5. The molecule has 0 aromatic heterocycles. The molecule has 2 aliphatic rings. The largest absolute Gasteiger partial charge is 0.326 e. The molecule has 0 radical (unpaired) electrons. The monoisotopic (exact) mass is 349 g/mol. The number of urea groups is 1. The molecule has 1 aromatic rings. The van der Waals surface area contributed by atoms with Gasteiger partial charge in [-0.25, -0.2) is 4.79 Å². The highest BCUT2D eigenvalue weighted by atomic mass is 35.5. The normalized spacial score (nSPS) is 19.0. The average molecular weight is 350 g/mol. The van der Waals surface area contributed by atoms with Gasteiger partial charge >= 0.3 is 6.03 Å². The van der Waals surface area contributed by atoms with Crippen molar-refractivity contribution in [3.63, 3.8) is 0 Å². The fourth-order valence-corrected chi connectivity index (χ4v) is 3.52. The van der Waals surface area contributed by atoms with E-state index in [0.717, 1.165) is 23.3 Å². The highest BCUT2D eigenvalue weighted by molar-refractivity contribution is 6.31. The van der Waals surface area contributed by atoms with E-state index in [0.29, 0.717) is 23.6 Å². The van der Waals surface area contributed by atoms with Gasteiger partial charge in [-0.2, -0.15) is 0 Å². The van der Waals surface area contributed by atoms with Crippen LogP contribution in [-0.2, 0) is 9.59 Å². The lowest BCUT2D eigenvalue weighted by molar-refractivity contribution is -0.131. The molecular weight excluding hydrogens is 330 g/mol. The number of amides is 4. The van der Waals surface area contributed by atoms with Crippen LogP contribution in [0.15, 0.2) is 18.2 Å². The summed E-state index contributed by atoms with van der Waals surface area (Å²) < 4.78 is 0. The second-order valence-corrected chi connectivity index (χ2v) is 6.87. The summed E-state index contributed by atoms with van der Waals surface area (Å²) in [6.45, 7) is 1.95. The molecule has 3 rings (SSSR count). The van der Waals surface area contributed by atoms with Gasteiger partial charge in [-0.1, -0.05) is 30.5 Å². The van der Waals surface area contributed by atoms with Crippen molar-refractivity contribution in [3.05, 3.63) is 28.8 Å². The molecule has 1 spiro atoms. The molecule has 1 aliphatic carbocycles. The van der Waals surface area contributed by atoms with Crippen LogP contribution in [0, 0.1) is 6.92 Å². The molecule has 0 atom stereocenters. The Labute approximate surface area is 145 Å². The third-order valence-electron chi connectivity index (χ3n) is 4.74. The predicted octanol–water partition coefficient (Wildman–Crippen LogP) is 2.84. The quantitative estimate of drug-likeness (QED) is 0.820. The lowest BCUT2D eigenvalue weighted by Crippen LogP contribution is -2.44. The topological polar surface area (TPSA) is 78.5 Å². The second kappa shape index (κ2) is 6.43.